The first-order valence-corrected chi connectivity index (χ1v) is 5.69. The average Bonchev–Trinajstić information content (AvgIpc) is 2.43. The highest BCUT2D eigenvalue weighted by Crippen LogP contribution is 2.30. The first-order chi connectivity index (χ1) is 6.43. The highest BCUT2D eigenvalue weighted by molar-refractivity contribution is 7.15. The van der Waals surface area contributed by atoms with Gasteiger partial charge in [-0.25, -0.2) is 4.98 Å². The van der Waals surface area contributed by atoms with E-state index >= 15 is 0 Å². The summed E-state index contributed by atoms with van der Waals surface area (Å²) in [6, 6.07) is 0. The summed E-state index contributed by atoms with van der Waals surface area (Å²) in [5.41, 5.74) is 1.34. The fraction of sp³-hybridized carbons (Fsp3) is 0.667. The Morgan fingerprint density at radius 2 is 2.31 bits per heavy atom. The molecular formula is C9H13N3S. The van der Waals surface area contributed by atoms with Crippen molar-refractivity contribution in [2.75, 3.05) is 24.5 Å². The van der Waals surface area contributed by atoms with E-state index in [9.17, 15) is 0 Å². The number of rotatable bonds is 1. The molecule has 0 radical (unpaired) electrons. The van der Waals surface area contributed by atoms with Crippen molar-refractivity contribution in [2.24, 2.45) is 0 Å². The third-order valence-corrected chi connectivity index (χ3v) is 3.88. The van der Waals surface area contributed by atoms with Crippen molar-refractivity contribution in [3.63, 3.8) is 0 Å². The minimum Gasteiger partial charge on any atom is -0.348 e. The summed E-state index contributed by atoms with van der Waals surface area (Å²) in [6.07, 6.45) is 2.45. The van der Waals surface area contributed by atoms with Gasteiger partial charge >= 0.3 is 0 Å². The third-order valence-electron chi connectivity index (χ3n) is 2.72. The van der Waals surface area contributed by atoms with Crippen LogP contribution in [0.25, 0.3) is 0 Å². The lowest BCUT2D eigenvalue weighted by Crippen LogP contribution is -2.36. The molecule has 1 aromatic rings. The molecule has 0 amide bonds. The summed E-state index contributed by atoms with van der Waals surface area (Å²) in [5, 5.41) is 4.63. The van der Waals surface area contributed by atoms with Crippen LogP contribution in [-0.4, -0.2) is 24.6 Å². The zero-order valence-corrected chi connectivity index (χ0v) is 8.36. The Hall–Kier alpha value is -0.610. The van der Waals surface area contributed by atoms with Gasteiger partial charge in [-0.15, -0.1) is 11.3 Å². The lowest BCUT2D eigenvalue weighted by Gasteiger charge is -2.30. The van der Waals surface area contributed by atoms with Crippen LogP contribution >= 0.6 is 11.3 Å². The smallest absolute Gasteiger partial charge is 0.185 e. The molecule has 1 aromatic heterocycles. The Bertz CT molecular complexity index is 293. The highest BCUT2D eigenvalue weighted by atomic mass is 32.1. The van der Waals surface area contributed by atoms with Gasteiger partial charge in [-0.3, -0.25) is 0 Å². The number of nitrogens with zero attached hydrogens (tertiary/aromatic N) is 2. The molecule has 2 aliphatic heterocycles. The first kappa shape index (κ1) is 7.76. The summed E-state index contributed by atoms with van der Waals surface area (Å²) in [7, 11) is 0. The van der Waals surface area contributed by atoms with Crippen LogP contribution in [0.5, 0.6) is 0 Å². The Labute approximate surface area is 81.8 Å². The maximum atomic E-state index is 4.68. The van der Waals surface area contributed by atoms with Crippen molar-refractivity contribution >= 4 is 16.5 Å². The molecule has 0 saturated carbocycles. The van der Waals surface area contributed by atoms with E-state index in [2.05, 4.69) is 15.2 Å². The van der Waals surface area contributed by atoms with Crippen LogP contribution in [0.15, 0.2) is 0 Å². The molecule has 70 valence electrons. The summed E-state index contributed by atoms with van der Waals surface area (Å²) in [4.78, 5) is 8.51. The van der Waals surface area contributed by atoms with E-state index in [4.69, 9.17) is 0 Å². The maximum absolute atomic E-state index is 4.68. The molecule has 1 saturated heterocycles. The van der Waals surface area contributed by atoms with Crippen molar-refractivity contribution in [1.29, 1.82) is 0 Å². The average molecular weight is 195 g/mol. The number of hydrogen-bond donors (Lipinski definition) is 1. The Balaban J connectivity index is 1.90. The molecule has 0 aromatic carbocycles. The van der Waals surface area contributed by atoms with Gasteiger partial charge in [0.25, 0.3) is 0 Å². The summed E-state index contributed by atoms with van der Waals surface area (Å²) in [6.45, 7) is 4.54. The molecule has 1 fully saturated rings. The van der Waals surface area contributed by atoms with Gasteiger partial charge < -0.3 is 10.2 Å². The van der Waals surface area contributed by atoms with Gasteiger partial charge in [0, 0.05) is 37.5 Å². The van der Waals surface area contributed by atoms with Crippen molar-refractivity contribution in [2.45, 2.75) is 19.4 Å². The van der Waals surface area contributed by atoms with Gasteiger partial charge in [-0.1, -0.05) is 0 Å². The standard InChI is InChI=1S/C9H13N3S/c1-4-12(5-1)9-11-7-2-3-10-6-8(7)13-9/h10H,1-6H2. The van der Waals surface area contributed by atoms with Crippen molar-refractivity contribution in [1.82, 2.24) is 10.3 Å². The molecule has 3 nitrogen and oxygen atoms in total. The predicted octanol–water partition coefficient (Wildman–Crippen LogP) is 0.999. The number of anilines is 1. The fourth-order valence-corrected chi connectivity index (χ4v) is 2.88. The van der Waals surface area contributed by atoms with Crippen LogP contribution in [-0.2, 0) is 13.0 Å². The van der Waals surface area contributed by atoms with E-state index in [-0.39, 0.29) is 0 Å². The van der Waals surface area contributed by atoms with Gasteiger partial charge in [-0.05, 0) is 6.42 Å². The fourth-order valence-electron chi connectivity index (χ4n) is 1.75. The quantitative estimate of drug-likeness (QED) is 0.724. The molecule has 13 heavy (non-hydrogen) atoms. The summed E-state index contributed by atoms with van der Waals surface area (Å²) in [5.74, 6) is 0. The van der Waals surface area contributed by atoms with E-state index in [0.717, 1.165) is 19.5 Å². The molecule has 1 N–H and O–H groups in total. The lowest BCUT2D eigenvalue weighted by molar-refractivity contribution is 0.611. The van der Waals surface area contributed by atoms with E-state index < -0.39 is 0 Å². The van der Waals surface area contributed by atoms with Crippen LogP contribution in [0.1, 0.15) is 17.0 Å². The minimum absolute atomic E-state index is 1.03. The van der Waals surface area contributed by atoms with Crippen molar-refractivity contribution < 1.29 is 0 Å². The molecule has 3 rings (SSSR count). The number of thiazole rings is 1. The van der Waals surface area contributed by atoms with E-state index in [0.29, 0.717) is 0 Å². The second-order valence-electron chi connectivity index (χ2n) is 3.63. The van der Waals surface area contributed by atoms with Crippen molar-refractivity contribution in [3.8, 4) is 0 Å². The summed E-state index contributed by atoms with van der Waals surface area (Å²) >= 11 is 1.87. The van der Waals surface area contributed by atoms with Gasteiger partial charge in [0.1, 0.15) is 0 Å². The van der Waals surface area contributed by atoms with E-state index in [1.54, 1.807) is 0 Å². The number of aromatic nitrogens is 1. The predicted molar refractivity (Wildman–Crippen MR) is 54.4 cm³/mol. The number of nitrogens with one attached hydrogen (secondary N) is 1. The second kappa shape index (κ2) is 2.96. The molecule has 0 bridgehead atoms. The molecule has 3 heterocycles. The molecule has 0 aliphatic carbocycles. The first-order valence-electron chi connectivity index (χ1n) is 4.88. The van der Waals surface area contributed by atoms with Crippen LogP contribution in [0.3, 0.4) is 0 Å². The molecular weight excluding hydrogens is 182 g/mol. The summed E-state index contributed by atoms with van der Waals surface area (Å²) < 4.78 is 0. The largest absolute Gasteiger partial charge is 0.348 e. The van der Waals surface area contributed by atoms with Gasteiger partial charge in [0.05, 0.1) is 5.69 Å². The van der Waals surface area contributed by atoms with E-state index in [1.807, 2.05) is 11.3 Å². The normalized spacial score (nSPS) is 21.1. The minimum atomic E-state index is 1.03. The van der Waals surface area contributed by atoms with Gasteiger partial charge in [0.15, 0.2) is 5.13 Å². The van der Waals surface area contributed by atoms with Gasteiger partial charge in [-0.2, -0.15) is 0 Å². The molecule has 2 aliphatic rings. The monoisotopic (exact) mass is 195 g/mol. The lowest BCUT2D eigenvalue weighted by atomic mass is 10.2. The molecule has 0 unspecified atom stereocenters. The van der Waals surface area contributed by atoms with E-state index in [1.165, 1.54) is 35.2 Å². The topological polar surface area (TPSA) is 28.2 Å². The van der Waals surface area contributed by atoms with Crippen LogP contribution in [0, 0.1) is 0 Å². The molecule has 0 spiro atoms. The molecule has 4 heteroatoms. The zero-order chi connectivity index (χ0) is 8.67. The second-order valence-corrected chi connectivity index (χ2v) is 4.70. The number of hydrogen-bond acceptors (Lipinski definition) is 4. The molecule has 0 atom stereocenters. The Morgan fingerprint density at radius 1 is 1.38 bits per heavy atom. The third kappa shape index (κ3) is 1.25. The van der Waals surface area contributed by atoms with Crippen LogP contribution in [0.2, 0.25) is 0 Å². The maximum Gasteiger partial charge on any atom is 0.185 e. The SMILES string of the molecule is C1CN(c2nc3c(s2)CNCC3)C1. The van der Waals surface area contributed by atoms with Crippen molar-refractivity contribution in [3.05, 3.63) is 10.6 Å². The highest BCUT2D eigenvalue weighted by Gasteiger charge is 2.21. The Morgan fingerprint density at radius 3 is 3.00 bits per heavy atom. The van der Waals surface area contributed by atoms with Crippen LogP contribution in [0.4, 0.5) is 5.13 Å². The Kier molecular flexibility index (Phi) is 1.77. The number of fused-ring (bicyclic) bond motifs is 1. The van der Waals surface area contributed by atoms with Crippen LogP contribution < -0.4 is 10.2 Å². The zero-order valence-electron chi connectivity index (χ0n) is 7.55. The van der Waals surface area contributed by atoms with Gasteiger partial charge in [0.2, 0.25) is 0 Å².